The summed E-state index contributed by atoms with van der Waals surface area (Å²) < 4.78 is 78.3. The molecule has 0 amide bonds. The Kier molecular flexibility index (Phi) is 4.82. The first-order valence-corrected chi connectivity index (χ1v) is 4.80. The zero-order valence-corrected chi connectivity index (χ0v) is 9.71. The first-order valence-electron chi connectivity index (χ1n) is 4.80. The summed E-state index contributed by atoms with van der Waals surface area (Å²) in [6.45, 7) is 7.77. The van der Waals surface area contributed by atoms with Crippen molar-refractivity contribution in [1.82, 2.24) is 0 Å². The summed E-state index contributed by atoms with van der Waals surface area (Å²) in [5.41, 5.74) is -3.99. The van der Waals surface area contributed by atoms with E-state index in [2.05, 4.69) is 13.2 Å². The van der Waals surface area contributed by atoms with Gasteiger partial charge in [0.15, 0.2) is 17.5 Å². The molecule has 0 spiro atoms. The van der Waals surface area contributed by atoms with E-state index in [4.69, 9.17) is 5.11 Å². The maximum Gasteiger partial charge on any atom is 0.303 e. The molecule has 1 aliphatic carbocycles. The largest absolute Gasteiger partial charge is 0.354 e. The highest BCUT2D eigenvalue weighted by Gasteiger charge is 2.66. The van der Waals surface area contributed by atoms with Gasteiger partial charge in [0.25, 0.3) is 0 Å². The molecule has 0 aromatic rings. The molecule has 7 heteroatoms. The van der Waals surface area contributed by atoms with E-state index in [-0.39, 0.29) is 0 Å². The number of halogens is 6. The topological polar surface area (TPSA) is 20.2 Å². The lowest BCUT2D eigenvalue weighted by molar-refractivity contribution is -0.192. The standard InChI is InChI=1S/C9H8F6O.C2H4/c1-3(2)8(14)6(12)4(10)5(11)7(13)9(8,15)16;1-2/h3,16H,1-2H3;1-2H2. The molecule has 1 rings (SSSR count). The highest BCUT2D eigenvalue weighted by Crippen LogP contribution is 2.53. The van der Waals surface area contributed by atoms with Gasteiger partial charge in [-0.05, 0) is 0 Å². The van der Waals surface area contributed by atoms with Crippen LogP contribution in [-0.4, -0.2) is 16.6 Å². The maximum atomic E-state index is 13.8. The molecule has 0 saturated carbocycles. The van der Waals surface area contributed by atoms with Crippen molar-refractivity contribution < 1.29 is 31.4 Å². The van der Waals surface area contributed by atoms with Crippen molar-refractivity contribution in [2.75, 3.05) is 0 Å². The summed E-state index contributed by atoms with van der Waals surface area (Å²) in [7, 11) is 0. The van der Waals surface area contributed by atoms with Crippen LogP contribution in [-0.2, 0) is 0 Å². The average Bonchev–Trinajstić information content (AvgIpc) is 2.34. The smallest absolute Gasteiger partial charge is 0.303 e. The van der Waals surface area contributed by atoms with Gasteiger partial charge in [0, 0.05) is 5.92 Å². The molecule has 2 atom stereocenters. The number of hydrogen-bond donors (Lipinski definition) is 1. The minimum Gasteiger partial charge on any atom is -0.354 e. The zero-order chi connectivity index (χ0) is 14.9. The van der Waals surface area contributed by atoms with Gasteiger partial charge in [0.2, 0.25) is 11.5 Å². The molecule has 104 valence electrons. The first kappa shape index (κ1) is 16.8. The second-order valence-corrected chi connectivity index (χ2v) is 3.74. The van der Waals surface area contributed by atoms with Crippen LogP contribution in [0, 0.1) is 5.92 Å². The highest BCUT2D eigenvalue weighted by molar-refractivity contribution is 5.41. The van der Waals surface area contributed by atoms with Gasteiger partial charge in [-0.15, -0.1) is 13.2 Å². The third-order valence-corrected chi connectivity index (χ3v) is 2.47. The molecule has 0 saturated heterocycles. The molecule has 0 bridgehead atoms. The molecule has 1 N–H and O–H groups in total. The summed E-state index contributed by atoms with van der Waals surface area (Å²) >= 11 is 0. The van der Waals surface area contributed by atoms with Gasteiger partial charge in [-0.3, -0.25) is 0 Å². The van der Waals surface area contributed by atoms with E-state index in [1.807, 2.05) is 0 Å². The van der Waals surface area contributed by atoms with E-state index in [9.17, 15) is 26.3 Å². The molecule has 1 nitrogen and oxygen atoms in total. The van der Waals surface area contributed by atoms with Crippen molar-refractivity contribution in [2.24, 2.45) is 5.92 Å². The number of allylic oxidation sites excluding steroid dienone is 2. The third kappa shape index (κ3) is 1.96. The van der Waals surface area contributed by atoms with Gasteiger partial charge in [-0.2, -0.15) is 4.39 Å². The Balaban J connectivity index is 0.00000137. The minimum atomic E-state index is -4.56. The minimum absolute atomic E-state index is 0.883. The molecule has 0 aromatic carbocycles. The Morgan fingerprint density at radius 3 is 1.61 bits per heavy atom. The Labute approximate surface area is 100 Å². The summed E-state index contributed by atoms with van der Waals surface area (Å²) in [6, 6.07) is 0. The van der Waals surface area contributed by atoms with E-state index >= 15 is 0 Å². The number of alkyl halides is 2. The summed E-state index contributed by atoms with van der Waals surface area (Å²) in [5.74, 6) is -16.5. The van der Waals surface area contributed by atoms with E-state index in [0.29, 0.717) is 0 Å². The predicted molar refractivity (Wildman–Crippen MR) is 54.5 cm³/mol. The Hall–Kier alpha value is -1.24. The Morgan fingerprint density at radius 1 is 0.944 bits per heavy atom. The zero-order valence-electron chi connectivity index (χ0n) is 9.71. The fourth-order valence-corrected chi connectivity index (χ4v) is 1.44. The van der Waals surface area contributed by atoms with Gasteiger partial charge in [0.05, 0.1) is 0 Å². The van der Waals surface area contributed by atoms with Crippen LogP contribution in [0.1, 0.15) is 13.8 Å². The van der Waals surface area contributed by atoms with Crippen LogP contribution in [0.5, 0.6) is 0 Å². The van der Waals surface area contributed by atoms with Crippen molar-refractivity contribution in [3.05, 3.63) is 36.5 Å². The molecule has 0 radical (unpaired) electrons. The van der Waals surface area contributed by atoms with E-state index in [1.165, 1.54) is 0 Å². The third-order valence-electron chi connectivity index (χ3n) is 2.47. The van der Waals surface area contributed by atoms with Gasteiger partial charge in [0.1, 0.15) is 0 Å². The Morgan fingerprint density at radius 2 is 1.28 bits per heavy atom. The Bertz CT molecular complexity index is 398. The molecular formula is C11H12F6O. The number of hydrogen-bond acceptors (Lipinski definition) is 1. The molecule has 1 aliphatic rings. The van der Waals surface area contributed by atoms with Gasteiger partial charge in [-0.25, -0.2) is 22.0 Å². The van der Waals surface area contributed by atoms with E-state index in [1.54, 1.807) is 0 Å². The van der Waals surface area contributed by atoms with Crippen molar-refractivity contribution in [2.45, 2.75) is 25.4 Å². The fourth-order valence-electron chi connectivity index (χ4n) is 1.44. The summed E-state index contributed by atoms with van der Waals surface area (Å²) in [5, 5.41) is 8.84. The molecule has 0 aromatic heterocycles. The number of rotatable bonds is 1. The maximum absolute atomic E-state index is 13.8. The van der Waals surface area contributed by atoms with Crippen LogP contribution >= 0.6 is 0 Å². The fraction of sp³-hybridized carbons (Fsp3) is 0.455. The van der Waals surface area contributed by atoms with Crippen LogP contribution in [0.2, 0.25) is 0 Å². The molecule has 2 unspecified atom stereocenters. The number of aliphatic hydroxyl groups is 1. The molecule has 0 aliphatic heterocycles. The molecule has 0 fully saturated rings. The van der Waals surface area contributed by atoms with Crippen molar-refractivity contribution in [3.8, 4) is 0 Å². The molecular weight excluding hydrogens is 262 g/mol. The lowest BCUT2D eigenvalue weighted by Gasteiger charge is -2.38. The van der Waals surface area contributed by atoms with Gasteiger partial charge < -0.3 is 5.11 Å². The quantitative estimate of drug-likeness (QED) is 0.563. The second-order valence-electron chi connectivity index (χ2n) is 3.74. The second kappa shape index (κ2) is 5.17. The monoisotopic (exact) mass is 274 g/mol. The van der Waals surface area contributed by atoms with Crippen molar-refractivity contribution in [3.63, 3.8) is 0 Å². The van der Waals surface area contributed by atoms with Crippen LogP contribution < -0.4 is 0 Å². The van der Waals surface area contributed by atoms with E-state index in [0.717, 1.165) is 13.8 Å². The van der Waals surface area contributed by atoms with Crippen LogP contribution in [0.15, 0.2) is 36.5 Å². The van der Waals surface area contributed by atoms with Crippen LogP contribution in [0.4, 0.5) is 26.3 Å². The van der Waals surface area contributed by atoms with E-state index < -0.39 is 40.7 Å². The average molecular weight is 274 g/mol. The summed E-state index contributed by atoms with van der Waals surface area (Å²) in [6.07, 6.45) is 0. The van der Waals surface area contributed by atoms with Crippen molar-refractivity contribution >= 4 is 0 Å². The SMILES string of the molecule is C=C.CC(C)C1(F)C(F)=C(F)C(F)=C(F)C1(O)F. The van der Waals surface area contributed by atoms with Gasteiger partial charge in [-0.1, -0.05) is 13.8 Å². The first-order chi connectivity index (χ1) is 8.08. The lowest BCUT2D eigenvalue weighted by atomic mass is 9.80. The molecule has 0 heterocycles. The van der Waals surface area contributed by atoms with Crippen LogP contribution in [0.25, 0.3) is 0 Å². The van der Waals surface area contributed by atoms with Crippen molar-refractivity contribution in [1.29, 1.82) is 0 Å². The lowest BCUT2D eigenvalue weighted by Crippen LogP contribution is -2.54. The highest BCUT2D eigenvalue weighted by atomic mass is 19.2. The molecule has 18 heavy (non-hydrogen) atoms. The predicted octanol–water partition coefficient (Wildman–Crippen LogP) is 4.13. The normalized spacial score (nSPS) is 32.6. The van der Waals surface area contributed by atoms with Crippen LogP contribution in [0.3, 0.4) is 0 Å². The summed E-state index contributed by atoms with van der Waals surface area (Å²) in [4.78, 5) is 0. The van der Waals surface area contributed by atoms with Gasteiger partial charge >= 0.3 is 5.85 Å².